The predicted octanol–water partition coefficient (Wildman–Crippen LogP) is 5.11. The smallest absolute Gasteiger partial charge is 0.337 e. The number of esters is 1. The van der Waals surface area contributed by atoms with Gasteiger partial charge in [0, 0.05) is 5.56 Å². The number of methoxy groups -OCH3 is 1. The van der Waals surface area contributed by atoms with Crippen LogP contribution in [0.1, 0.15) is 35.3 Å². The number of nitrogens with zero attached hydrogens (tertiary/aromatic N) is 2. The summed E-state index contributed by atoms with van der Waals surface area (Å²) in [5.41, 5.74) is 2.83. The lowest BCUT2D eigenvalue weighted by molar-refractivity contribution is -0.113. The second kappa shape index (κ2) is 10.7. The number of rotatable bonds is 8. The molecule has 0 radical (unpaired) electrons. The lowest BCUT2D eigenvalue weighted by Crippen LogP contribution is -2.32. The molecule has 4 rings (SSSR count). The molecule has 3 aromatic carbocycles. The molecule has 0 N–H and O–H groups in total. The van der Waals surface area contributed by atoms with Crippen LogP contribution in [0.5, 0.6) is 11.5 Å². The Morgan fingerprint density at radius 2 is 1.60 bits per heavy atom. The van der Waals surface area contributed by atoms with E-state index in [0.717, 1.165) is 11.1 Å². The number of carbonyl (C=O) groups is 2. The quantitative estimate of drug-likeness (QED) is 0.338. The molecule has 0 fully saturated rings. The first-order valence-electron chi connectivity index (χ1n) is 11.3. The third-order valence-corrected chi connectivity index (χ3v) is 5.31. The Kier molecular flexibility index (Phi) is 7.26. The molecule has 7 heteroatoms. The van der Waals surface area contributed by atoms with Gasteiger partial charge in [-0.15, -0.1) is 0 Å². The molecule has 0 saturated heterocycles. The number of carbonyl (C=O) groups excluding carboxylic acids is 2. The van der Waals surface area contributed by atoms with Crippen molar-refractivity contribution in [3.05, 3.63) is 95.2 Å². The highest BCUT2D eigenvalue weighted by Gasteiger charge is 2.32. The number of hydrogen-bond acceptors (Lipinski definition) is 6. The Morgan fingerprint density at radius 1 is 0.914 bits per heavy atom. The number of anilines is 1. The zero-order valence-electron chi connectivity index (χ0n) is 19.9. The van der Waals surface area contributed by atoms with E-state index in [4.69, 9.17) is 19.2 Å². The first-order chi connectivity index (χ1) is 17.0. The second-order valence-corrected chi connectivity index (χ2v) is 7.58. The lowest BCUT2D eigenvalue weighted by atomic mass is 10.1. The molecular formula is C28H26N2O5. The van der Waals surface area contributed by atoms with Crippen molar-refractivity contribution < 1.29 is 23.8 Å². The molecule has 0 aromatic heterocycles. The van der Waals surface area contributed by atoms with Crippen molar-refractivity contribution in [2.45, 2.75) is 13.8 Å². The maximum atomic E-state index is 13.5. The van der Waals surface area contributed by atoms with Gasteiger partial charge < -0.3 is 14.2 Å². The van der Waals surface area contributed by atoms with Crippen LogP contribution in [0.25, 0.3) is 6.08 Å². The zero-order valence-corrected chi connectivity index (χ0v) is 19.9. The van der Waals surface area contributed by atoms with Gasteiger partial charge in [0.1, 0.15) is 11.5 Å². The number of hydrogen-bond donors (Lipinski definition) is 0. The van der Waals surface area contributed by atoms with Crippen LogP contribution in [0.3, 0.4) is 0 Å². The third kappa shape index (κ3) is 5.09. The van der Waals surface area contributed by atoms with Gasteiger partial charge >= 0.3 is 5.97 Å². The molecule has 0 aliphatic carbocycles. The van der Waals surface area contributed by atoms with Crippen molar-refractivity contribution >= 4 is 29.5 Å². The first kappa shape index (κ1) is 23.8. The minimum atomic E-state index is -0.442. The van der Waals surface area contributed by atoms with Crippen molar-refractivity contribution in [1.82, 2.24) is 0 Å². The fourth-order valence-corrected chi connectivity index (χ4v) is 3.72. The van der Waals surface area contributed by atoms with E-state index in [1.165, 1.54) is 7.11 Å². The highest BCUT2D eigenvalue weighted by Crippen LogP contribution is 2.32. The molecule has 0 unspecified atom stereocenters. The van der Waals surface area contributed by atoms with Crippen molar-refractivity contribution in [2.75, 3.05) is 25.2 Å². The largest absolute Gasteiger partial charge is 0.490 e. The number of ether oxygens (including phenoxy) is 3. The van der Waals surface area contributed by atoms with Gasteiger partial charge in [-0.1, -0.05) is 36.4 Å². The molecule has 0 spiro atoms. The summed E-state index contributed by atoms with van der Waals surface area (Å²) >= 11 is 0. The topological polar surface area (TPSA) is 77.4 Å². The van der Waals surface area contributed by atoms with Crippen LogP contribution < -0.4 is 14.4 Å². The Bertz CT molecular complexity index is 1280. The molecule has 1 heterocycles. The van der Waals surface area contributed by atoms with Gasteiger partial charge in [0.15, 0.2) is 11.5 Å². The fourth-order valence-electron chi connectivity index (χ4n) is 3.72. The molecule has 1 amide bonds. The van der Waals surface area contributed by atoms with Crippen LogP contribution in [-0.2, 0) is 9.53 Å². The summed E-state index contributed by atoms with van der Waals surface area (Å²) in [6, 6.07) is 21.7. The van der Waals surface area contributed by atoms with E-state index in [9.17, 15) is 9.59 Å². The summed E-state index contributed by atoms with van der Waals surface area (Å²) in [5.74, 6) is 1.04. The van der Waals surface area contributed by atoms with Gasteiger partial charge in [-0.3, -0.25) is 9.69 Å². The maximum absolute atomic E-state index is 13.5. The summed E-state index contributed by atoms with van der Waals surface area (Å²) in [7, 11) is 1.33. The second-order valence-electron chi connectivity index (χ2n) is 7.58. The van der Waals surface area contributed by atoms with Crippen molar-refractivity contribution in [3.8, 4) is 11.5 Å². The Labute approximate surface area is 204 Å². The molecule has 0 atom stereocenters. The summed E-state index contributed by atoms with van der Waals surface area (Å²) in [5, 5.41) is 0. The summed E-state index contributed by atoms with van der Waals surface area (Å²) < 4.78 is 16.1. The van der Waals surface area contributed by atoms with E-state index in [0.29, 0.717) is 41.8 Å². The minimum absolute atomic E-state index is 0.276. The Morgan fingerprint density at radius 3 is 2.26 bits per heavy atom. The summed E-state index contributed by atoms with van der Waals surface area (Å²) in [6.07, 6.45) is 1.73. The predicted molar refractivity (Wildman–Crippen MR) is 135 cm³/mol. The van der Waals surface area contributed by atoms with Crippen LogP contribution in [0.15, 0.2) is 83.5 Å². The van der Waals surface area contributed by atoms with Crippen LogP contribution in [0.2, 0.25) is 0 Å². The Balaban J connectivity index is 1.75. The normalized spacial score (nSPS) is 14.1. The van der Waals surface area contributed by atoms with E-state index in [1.54, 1.807) is 35.2 Å². The molecule has 0 bridgehead atoms. The average Bonchev–Trinajstić information content (AvgIpc) is 3.21. The molecule has 178 valence electrons. The van der Waals surface area contributed by atoms with Crippen LogP contribution in [0.4, 0.5) is 5.69 Å². The molecule has 35 heavy (non-hydrogen) atoms. The Hall–Kier alpha value is -4.39. The number of benzene rings is 3. The molecule has 3 aromatic rings. The van der Waals surface area contributed by atoms with Gasteiger partial charge in [0.2, 0.25) is 0 Å². The van der Waals surface area contributed by atoms with E-state index in [-0.39, 0.29) is 11.6 Å². The first-order valence-corrected chi connectivity index (χ1v) is 11.3. The molecule has 1 aliphatic heterocycles. The van der Waals surface area contributed by atoms with E-state index < -0.39 is 5.97 Å². The van der Waals surface area contributed by atoms with Crippen molar-refractivity contribution in [1.29, 1.82) is 0 Å². The van der Waals surface area contributed by atoms with Gasteiger partial charge in [0.25, 0.3) is 5.91 Å². The van der Waals surface area contributed by atoms with E-state index >= 15 is 0 Å². The molecule has 0 saturated carbocycles. The maximum Gasteiger partial charge on any atom is 0.337 e. The standard InChI is InChI=1S/C28H26N2O5/c1-4-34-24-16-11-19(18-25(24)35-5-2)17-23-27(31)30(26(29-23)20-9-7-6-8-10-20)22-14-12-21(13-15-22)28(32)33-3/h6-18H,4-5H2,1-3H3/b23-17+. The lowest BCUT2D eigenvalue weighted by Gasteiger charge is -2.18. The summed E-state index contributed by atoms with van der Waals surface area (Å²) in [6.45, 7) is 4.83. The van der Waals surface area contributed by atoms with E-state index in [2.05, 4.69) is 0 Å². The number of amides is 1. The minimum Gasteiger partial charge on any atom is -0.490 e. The number of amidine groups is 1. The molecule has 7 nitrogen and oxygen atoms in total. The fraction of sp³-hybridized carbons (Fsp3) is 0.179. The van der Waals surface area contributed by atoms with Gasteiger partial charge in [-0.2, -0.15) is 0 Å². The van der Waals surface area contributed by atoms with Crippen LogP contribution in [0, 0.1) is 0 Å². The van der Waals surface area contributed by atoms with Crippen molar-refractivity contribution in [3.63, 3.8) is 0 Å². The third-order valence-electron chi connectivity index (χ3n) is 5.31. The number of aliphatic imine (C=N–C) groups is 1. The molecule has 1 aliphatic rings. The van der Waals surface area contributed by atoms with Gasteiger partial charge in [0.05, 0.1) is 31.6 Å². The highest BCUT2D eigenvalue weighted by molar-refractivity contribution is 6.33. The van der Waals surface area contributed by atoms with Crippen LogP contribution >= 0.6 is 0 Å². The van der Waals surface area contributed by atoms with Crippen LogP contribution in [-0.4, -0.2) is 38.0 Å². The van der Waals surface area contributed by atoms with E-state index in [1.807, 2.05) is 62.4 Å². The SMILES string of the molecule is CCOc1ccc(/C=C2/N=C(c3ccccc3)N(c3ccc(C(=O)OC)cc3)C2=O)cc1OCC. The zero-order chi connectivity index (χ0) is 24.8. The van der Waals surface area contributed by atoms with Gasteiger partial charge in [-0.05, 0) is 61.9 Å². The van der Waals surface area contributed by atoms with Gasteiger partial charge in [-0.25, -0.2) is 9.79 Å². The summed E-state index contributed by atoms with van der Waals surface area (Å²) in [4.78, 5) is 31.6. The average molecular weight is 471 g/mol. The monoisotopic (exact) mass is 470 g/mol. The van der Waals surface area contributed by atoms with Crippen molar-refractivity contribution in [2.24, 2.45) is 4.99 Å². The molecular weight excluding hydrogens is 444 g/mol. The highest BCUT2D eigenvalue weighted by atomic mass is 16.5.